The van der Waals surface area contributed by atoms with E-state index >= 15 is 0 Å². The van der Waals surface area contributed by atoms with Crippen molar-refractivity contribution in [1.82, 2.24) is 35.3 Å². The largest absolute Gasteiger partial charge is 0.337 e. The van der Waals surface area contributed by atoms with Crippen LogP contribution in [-0.2, 0) is 4.79 Å². The number of piperazine rings is 1. The van der Waals surface area contributed by atoms with Gasteiger partial charge in [0.05, 0.1) is 12.2 Å². The minimum Gasteiger partial charge on any atom is -0.337 e. The van der Waals surface area contributed by atoms with Crippen molar-refractivity contribution in [1.29, 1.82) is 0 Å². The molecule has 140 valence electrons. The maximum Gasteiger partial charge on any atom is 0.250 e. The number of hydrogen-bond donors (Lipinski definition) is 1. The van der Waals surface area contributed by atoms with E-state index in [-0.39, 0.29) is 5.91 Å². The smallest absolute Gasteiger partial charge is 0.250 e. The Labute approximate surface area is 159 Å². The molecule has 0 atom stereocenters. The fourth-order valence-electron chi connectivity index (χ4n) is 2.93. The molecule has 27 heavy (non-hydrogen) atoms. The number of nitrogens with zero attached hydrogens (tertiary/aromatic N) is 8. The summed E-state index contributed by atoms with van der Waals surface area (Å²) in [6, 6.07) is 8.08. The van der Waals surface area contributed by atoms with Crippen molar-refractivity contribution in [2.75, 3.05) is 42.9 Å². The molecular weight excluding hydrogens is 366 g/mol. The summed E-state index contributed by atoms with van der Waals surface area (Å²) in [6.45, 7) is 5.38. The molecule has 0 aliphatic carbocycles. The molecule has 0 unspecified atom stereocenters. The Morgan fingerprint density at radius 3 is 2.63 bits per heavy atom. The van der Waals surface area contributed by atoms with Crippen LogP contribution < -0.4 is 10.2 Å². The maximum atomic E-state index is 12.1. The Bertz CT molecular complexity index is 885. The molecule has 3 heterocycles. The van der Waals surface area contributed by atoms with E-state index in [9.17, 15) is 4.79 Å². The van der Waals surface area contributed by atoms with Gasteiger partial charge in [-0.15, -0.1) is 10.2 Å². The highest BCUT2D eigenvalue weighted by Crippen LogP contribution is 2.17. The van der Waals surface area contributed by atoms with E-state index < -0.39 is 0 Å². The number of nitrogens with one attached hydrogen (secondary N) is 1. The van der Waals surface area contributed by atoms with Gasteiger partial charge in [-0.3, -0.25) is 15.0 Å². The van der Waals surface area contributed by atoms with Gasteiger partial charge in [-0.2, -0.15) is 4.68 Å². The monoisotopic (exact) mass is 385 g/mol. The van der Waals surface area contributed by atoms with Gasteiger partial charge in [0, 0.05) is 26.2 Å². The summed E-state index contributed by atoms with van der Waals surface area (Å²) in [5.41, 5.74) is 3.71. The van der Waals surface area contributed by atoms with Gasteiger partial charge in [-0.25, -0.2) is 0 Å². The fourth-order valence-corrected chi connectivity index (χ4v) is 3.39. The highest BCUT2D eigenvalue weighted by atomic mass is 32.1. The number of carbonyl (C=O) groups excluding carboxylic acids is 1. The van der Waals surface area contributed by atoms with E-state index in [1.807, 2.05) is 31.2 Å². The maximum absolute atomic E-state index is 12.1. The molecule has 1 aromatic carbocycles. The van der Waals surface area contributed by atoms with Crippen LogP contribution in [0.4, 0.5) is 11.1 Å². The molecule has 2 aromatic heterocycles. The van der Waals surface area contributed by atoms with Crippen LogP contribution in [0.25, 0.3) is 5.69 Å². The van der Waals surface area contributed by atoms with Gasteiger partial charge >= 0.3 is 0 Å². The minimum absolute atomic E-state index is 0.0790. The van der Waals surface area contributed by atoms with Crippen LogP contribution in [0.5, 0.6) is 0 Å². The van der Waals surface area contributed by atoms with Crippen molar-refractivity contribution in [2.45, 2.75) is 6.92 Å². The Balaban J connectivity index is 1.35. The number of amides is 1. The van der Waals surface area contributed by atoms with E-state index in [2.05, 4.69) is 40.8 Å². The van der Waals surface area contributed by atoms with Crippen molar-refractivity contribution >= 4 is 28.3 Å². The van der Waals surface area contributed by atoms with Crippen LogP contribution >= 0.6 is 11.3 Å². The Hall–Kier alpha value is -2.92. The lowest BCUT2D eigenvalue weighted by Crippen LogP contribution is -2.49. The molecule has 3 aromatic rings. The summed E-state index contributed by atoms with van der Waals surface area (Å²) in [5, 5.41) is 23.0. The molecule has 1 saturated heterocycles. The van der Waals surface area contributed by atoms with E-state index in [1.54, 1.807) is 10.2 Å². The first-order valence-electron chi connectivity index (χ1n) is 8.58. The first kappa shape index (κ1) is 17.5. The summed E-state index contributed by atoms with van der Waals surface area (Å²) in [5.74, 6) is 0.640. The number of benzene rings is 1. The topological polar surface area (TPSA) is 105 Å². The van der Waals surface area contributed by atoms with Crippen LogP contribution in [0.1, 0.15) is 5.56 Å². The fraction of sp³-hybridized carbons (Fsp3) is 0.375. The second kappa shape index (κ2) is 7.76. The number of carbonyl (C=O) groups is 1. The third kappa shape index (κ3) is 4.09. The summed E-state index contributed by atoms with van der Waals surface area (Å²) in [4.78, 5) is 16.3. The molecule has 0 radical (unpaired) electrons. The van der Waals surface area contributed by atoms with E-state index in [0.717, 1.165) is 37.8 Å². The second-order valence-corrected chi connectivity index (χ2v) is 7.11. The zero-order valence-corrected chi connectivity index (χ0v) is 15.6. The van der Waals surface area contributed by atoms with Crippen LogP contribution in [0.3, 0.4) is 0 Å². The Morgan fingerprint density at radius 1 is 1.15 bits per heavy atom. The number of hydrogen-bond acceptors (Lipinski definition) is 9. The van der Waals surface area contributed by atoms with E-state index in [0.29, 0.717) is 11.7 Å². The second-order valence-electron chi connectivity index (χ2n) is 6.28. The van der Waals surface area contributed by atoms with Gasteiger partial charge in [0.2, 0.25) is 17.0 Å². The lowest BCUT2D eigenvalue weighted by Gasteiger charge is -2.34. The van der Waals surface area contributed by atoms with Crippen molar-refractivity contribution in [3.05, 3.63) is 35.3 Å². The van der Waals surface area contributed by atoms with Gasteiger partial charge in [0.25, 0.3) is 0 Å². The lowest BCUT2D eigenvalue weighted by molar-refractivity contribution is -0.117. The van der Waals surface area contributed by atoms with Gasteiger partial charge in [0.15, 0.2) is 0 Å². The molecule has 1 fully saturated rings. The Kier molecular flexibility index (Phi) is 5.03. The van der Waals surface area contributed by atoms with Gasteiger partial charge in [-0.05, 0) is 29.5 Å². The molecule has 1 aliphatic rings. The van der Waals surface area contributed by atoms with E-state index in [4.69, 9.17) is 0 Å². The quantitative estimate of drug-likeness (QED) is 0.680. The summed E-state index contributed by atoms with van der Waals surface area (Å²) in [6.07, 6.45) is 0. The number of tetrazole rings is 1. The third-order valence-electron chi connectivity index (χ3n) is 4.36. The van der Waals surface area contributed by atoms with Gasteiger partial charge in [-0.1, -0.05) is 34.1 Å². The minimum atomic E-state index is -0.0790. The first-order valence-corrected chi connectivity index (χ1v) is 9.46. The zero-order valence-electron chi connectivity index (χ0n) is 14.8. The van der Waals surface area contributed by atoms with Crippen LogP contribution in [0.15, 0.2) is 29.8 Å². The van der Waals surface area contributed by atoms with Crippen molar-refractivity contribution in [2.24, 2.45) is 0 Å². The van der Waals surface area contributed by atoms with Crippen LogP contribution in [0.2, 0.25) is 0 Å². The molecule has 4 rings (SSSR count). The summed E-state index contributed by atoms with van der Waals surface area (Å²) >= 11 is 1.31. The highest BCUT2D eigenvalue weighted by Gasteiger charge is 2.23. The van der Waals surface area contributed by atoms with E-state index in [1.165, 1.54) is 16.9 Å². The standard InChI is InChI=1S/C16H19N9OS/c1-12-2-4-13(5-3-12)25-16(20-21-22-25)24-8-6-23(7-9-24)10-14(26)18-15-19-17-11-27-15/h2-5,11H,6-10H2,1H3,(H,18,19,26). The lowest BCUT2D eigenvalue weighted by atomic mass is 10.2. The number of aryl methyl sites for hydroxylation is 1. The number of rotatable bonds is 5. The predicted octanol–water partition coefficient (Wildman–Crippen LogP) is 0.583. The van der Waals surface area contributed by atoms with Crippen molar-refractivity contribution in [3.63, 3.8) is 0 Å². The summed E-state index contributed by atoms with van der Waals surface area (Å²) < 4.78 is 1.75. The zero-order chi connectivity index (χ0) is 18.6. The first-order chi connectivity index (χ1) is 13.2. The van der Waals surface area contributed by atoms with Gasteiger partial charge < -0.3 is 4.90 Å². The molecule has 0 spiro atoms. The molecule has 0 saturated carbocycles. The number of anilines is 2. The molecule has 1 N–H and O–H groups in total. The third-order valence-corrected chi connectivity index (χ3v) is 4.97. The molecule has 1 amide bonds. The molecular formula is C16H19N9OS. The number of aromatic nitrogens is 6. The van der Waals surface area contributed by atoms with Crippen molar-refractivity contribution < 1.29 is 4.79 Å². The average molecular weight is 385 g/mol. The van der Waals surface area contributed by atoms with Crippen LogP contribution in [-0.4, -0.2) is 73.9 Å². The average Bonchev–Trinajstić information content (AvgIpc) is 3.35. The summed E-state index contributed by atoms with van der Waals surface area (Å²) in [7, 11) is 0. The Morgan fingerprint density at radius 2 is 1.93 bits per heavy atom. The normalized spacial score (nSPS) is 15.1. The van der Waals surface area contributed by atoms with Gasteiger partial charge in [0.1, 0.15) is 5.51 Å². The predicted molar refractivity (Wildman–Crippen MR) is 101 cm³/mol. The van der Waals surface area contributed by atoms with Crippen LogP contribution in [0, 0.1) is 6.92 Å². The molecule has 0 bridgehead atoms. The molecule has 11 heteroatoms. The highest BCUT2D eigenvalue weighted by molar-refractivity contribution is 7.13. The molecule has 1 aliphatic heterocycles. The van der Waals surface area contributed by atoms with Crippen molar-refractivity contribution in [3.8, 4) is 5.69 Å². The molecule has 10 nitrogen and oxygen atoms in total. The SMILES string of the molecule is Cc1ccc(-n2nnnc2N2CCN(CC(=O)Nc3nncs3)CC2)cc1.